The Morgan fingerprint density at radius 3 is 2.49 bits per heavy atom. The number of nitrogens with two attached hydrogens (primary N) is 1. The fourth-order valence-corrected chi connectivity index (χ4v) is 4.70. The van der Waals surface area contributed by atoms with Crippen molar-refractivity contribution < 1.29 is 14.3 Å². The fourth-order valence-electron chi connectivity index (χ4n) is 4.70. The molecule has 4 rings (SSSR count). The van der Waals surface area contributed by atoms with E-state index in [1.807, 2.05) is 42.5 Å². The number of benzene rings is 3. The van der Waals surface area contributed by atoms with Crippen molar-refractivity contribution >= 4 is 17.4 Å². The number of methoxy groups -OCH3 is 1. The number of hydrogen-bond acceptors (Lipinski definition) is 5. The van der Waals surface area contributed by atoms with E-state index in [-0.39, 0.29) is 5.54 Å². The largest absolute Gasteiger partial charge is 0.496 e. The highest BCUT2D eigenvalue weighted by Crippen LogP contribution is 2.45. The first kappa shape index (κ1) is 24.4. The Hall–Kier alpha value is -3.77. The van der Waals surface area contributed by atoms with E-state index in [9.17, 15) is 4.79 Å². The molecule has 0 saturated heterocycles. The smallest absolute Gasteiger partial charge is 0.414 e. The number of rotatable bonds is 5. The summed E-state index contributed by atoms with van der Waals surface area (Å²) < 4.78 is 11.2. The van der Waals surface area contributed by atoms with Crippen LogP contribution >= 0.6 is 0 Å². The van der Waals surface area contributed by atoms with Gasteiger partial charge in [-0.05, 0) is 67.3 Å². The lowest BCUT2D eigenvalue weighted by Gasteiger charge is -2.34. The van der Waals surface area contributed by atoms with Gasteiger partial charge in [-0.3, -0.25) is 0 Å². The van der Waals surface area contributed by atoms with Crippen LogP contribution in [0.5, 0.6) is 11.5 Å². The van der Waals surface area contributed by atoms with Crippen molar-refractivity contribution in [3.63, 3.8) is 0 Å². The van der Waals surface area contributed by atoms with E-state index in [0.29, 0.717) is 5.75 Å². The highest BCUT2D eigenvalue weighted by atomic mass is 16.6. The van der Waals surface area contributed by atoms with Crippen LogP contribution in [0.2, 0.25) is 0 Å². The Bertz CT molecular complexity index is 1290. The van der Waals surface area contributed by atoms with Gasteiger partial charge in [-0.15, -0.1) is 0 Å². The maximum Gasteiger partial charge on any atom is 0.414 e. The van der Waals surface area contributed by atoms with Gasteiger partial charge in [0, 0.05) is 30.9 Å². The van der Waals surface area contributed by atoms with E-state index in [4.69, 9.17) is 15.2 Å². The monoisotopic (exact) mass is 471 g/mol. The summed E-state index contributed by atoms with van der Waals surface area (Å²) in [6.45, 7) is 6.42. The van der Waals surface area contributed by atoms with E-state index in [0.717, 1.165) is 44.8 Å². The average molecular weight is 472 g/mol. The first-order valence-electron chi connectivity index (χ1n) is 11.6. The SMILES string of the molecule is COc1ccccc1-c1ccc2c(c1C(N)c1cccc(OC(=O)N(C)C)c1)C(C)=CC(C)(C)N2. The summed E-state index contributed by atoms with van der Waals surface area (Å²) in [5.41, 5.74) is 13.9. The molecule has 35 heavy (non-hydrogen) atoms. The molecule has 1 aliphatic heterocycles. The van der Waals surface area contributed by atoms with E-state index in [2.05, 4.69) is 44.3 Å². The number of nitrogens with one attached hydrogen (secondary N) is 1. The number of hydrogen-bond donors (Lipinski definition) is 2. The van der Waals surface area contributed by atoms with Crippen LogP contribution in [-0.4, -0.2) is 37.7 Å². The van der Waals surface area contributed by atoms with Gasteiger partial charge >= 0.3 is 6.09 Å². The van der Waals surface area contributed by atoms with Crippen molar-refractivity contribution in [3.05, 3.63) is 83.4 Å². The number of fused-ring (bicyclic) bond motifs is 1. The van der Waals surface area contributed by atoms with Gasteiger partial charge < -0.3 is 25.4 Å². The predicted molar refractivity (Wildman–Crippen MR) is 142 cm³/mol. The number of ether oxygens (including phenoxy) is 2. The van der Waals surface area contributed by atoms with Gasteiger partial charge in [0.1, 0.15) is 11.5 Å². The van der Waals surface area contributed by atoms with E-state index in [1.54, 1.807) is 27.3 Å². The van der Waals surface area contributed by atoms with Gasteiger partial charge in [0.25, 0.3) is 0 Å². The van der Waals surface area contributed by atoms with Gasteiger partial charge in [0.05, 0.1) is 18.7 Å². The first-order valence-corrected chi connectivity index (χ1v) is 11.6. The van der Waals surface area contributed by atoms with Crippen LogP contribution in [0, 0.1) is 0 Å². The summed E-state index contributed by atoms with van der Waals surface area (Å²) in [5.74, 6) is 1.23. The summed E-state index contributed by atoms with van der Waals surface area (Å²) in [7, 11) is 4.98. The fraction of sp³-hybridized carbons (Fsp3) is 0.276. The zero-order valence-corrected chi connectivity index (χ0v) is 21.2. The van der Waals surface area contributed by atoms with Crippen LogP contribution < -0.4 is 20.5 Å². The second-order valence-electron chi connectivity index (χ2n) is 9.64. The van der Waals surface area contributed by atoms with Crippen molar-refractivity contribution in [1.82, 2.24) is 4.90 Å². The molecule has 0 radical (unpaired) electrons. The minimum absolute atomic E-state index is 0.176. The normalized spacial score (nSPS) is 14.8. The molecule has 0 bridgehead atoms. The zero-order chi connectivity index (χ0) is 25.3. The van der Waals surface area contributed by atoms with Gasteiger partial charge in [-0.1, -0.05) is 42.5 Å². The lowest BCUT2D eigenvalue weighted by molar-refractivity contribution is 0.172. The quantitative estimate of drug-likeness (QED) is 0.472. The lowest BCUT2D eigenvalue weighted by Crippen LogP contribution is -2.32. The molecule has 1 unspecified atom stereocenters. The van der Waals surface area contributed by atoms with Gasteiger partial charge in [-0.2, -0.15) is 0 Å². The Labute approximate surface area is 207 Å². The molecule has 0 spiro atoms. The number of amides is 1. The van der Waals surface area contributed by atoms with Crippen molar-refractivity contribution in [3.8, 4) is 22.6 Å². The van der Waals surface area contributed by atoms with Crippen molar-refractivity contribution in [2.75, 3.05) is 26.5 Å². The summed E-state index contributed by atoms with van der Waals surface area (Å²) in [4.78, 5) is 13.5. The summed E-state index contributed by atoms with van der Waals surface area (Å²) in [5, 5.41) is 3.63. The van der Waals surface area contributed by atoms with Crippen LogP contribution in [0.15, 0.2) is 66.7 Å². The molecular weight excluding hydrogens is 438 g/mol. The Morgan fingerprint density at radius 1 is 1.03 bits per heavy atom. The third kappa shape index (κ3) is 4.88. The van der Waals surface area contributed by atoms with Crippen LogP contribution in [-0.2, 0) is 0 Å². The van der Waals surface area contributed by atoms with Gasteiger partial charge in [0.2, 0.25) is 0 Å². The van der Waals surface area contributed by atoms with Gasteiger partial charge in [-0.25, -0.2) is 4.79 Å². The third-order valence-electron chi connectivity index (χ3n) is 6.17. The number of allylic oxidation sites excluding steroid dienone is 1. The molecule has 0 aliphatic carbocycles. The van der Waals surface area contributed by atoms with E-state index >= 15 is 0 Å². The molecule has 3 aromatic carbocycles. The molecule has 0 fully saturated rings. The Morgan fingerprint density at radius 2 is 1.77 bits per heavy atom. The molecule has 6 nitrogen and oxygen atoms in total. The number of anilines is 1. The van der Waals surface area contributed by atoms with Crippen LogP contribution in [0.1, 0.15) is 43.5 Å². The summed E-state index contributed by atoms with van der Waals surface area (Å²) in [6.07, 6.45) is 1.79. The predicted octanol–water partition coefficient (Wildman–Crippen LogP) is 6.08. The van der Waals surface area contributed by atoms with Crippen LogP contribution in [0.25, 0.3) is 16.7 Å². The molecule has 1 atom stereocenters. The minimum Gasteiger partial charge on any atom is -0.496 e. The van der Waals surface area contributed by atoms with Crippen molar-refractivity contribution in [2.45, 2.75) is 32.4 Å². The van der Waals surface area contributed by atoms with Crippen molar-refractivity contribution in [2.24, 2.45) is 5.73 Å². The zero-order valence-electron chi connectivity index (χ0n) is 21.2. The molecule has 1 amide bonds. The number of carbonyl (C=O) groups excluding carboxylic acids is 1. The number of para-hydroxylation sites is 1. The Kier molecular flexibility index (Phi) is 6.59. The minimum atomic E-state index is -0.478. The average Bonchev–Trinajstić information content (AvgIpc) is 2.82. The second-order valence-corrected chi connectivity index (χ2v) is 9.64. The number of carbonyl (C=O) groups is 1. The molecule has 0 aromatic heterocycles. The first-order chi connectivity index (χ1) is 16.6. The topological polar surface area (TPSA) is 76.8 Å². The van der Waals surface area contributed by atoms with Crippen LogP contribution in [0.4, 0.5) is 10.5 Å². The number of nitrogens with zero attached hydrogens (tertiary/aromatic N) is 1. The molecular formula is C29H33N3O3. The molecule has 182 valence electrons. The van der Waals surface area contributed by atoms with Crippen LogP contribution in [0.3, 0.4) is 0 Å². The van der Waals surface area contributed by atoms with Crippen molar-refractivity contribution in [1.29, 1.82) is 0 Å². The highest BCUT2D eigenvalue weighted by Gasteiger charge is 2.29. The third-order valence-corrected chi connectivity index (χ3v) is 6.17. The molecule has 3 N–H and O–H groups in total. The standard InChI is InChI=1S/C29H33N3O3/c1-18-17-29(2,3)31-23-15-14-22(21-12-7-8-13-24(21)34-6)26(25(18)23)27(30)19-10-9-11-20(16-19)35-28(33)32(4)5/h7-17,27,31H,30H2,1-6H3. The summed E-state index contributed by atoms with van der Waals surface area (Å²) >= 11 is 0. The maximum atomic E-state index is 12.1. The van der Waals surface area contributed by atoms with E-state index in [1.165, 1.54) is 4.90 Å². The van der Waals surface area contributed by atoms with Gasteiger partial charge in [0.15, 0.2) is 0 Å². The lowest BCUT2D eigenvalue weighted by atomic mass is 9.81. The second kappa shape index (κ2) is 9.47. The Balaban J connectivity index is 1.91. The molecule has 1 heterocycles. The molecule has 6 heteroatoms. The maximum absolute atomic E-state index is 12.1. The summed E-state index contributed by atoms with van der Waals surface area (Å²) in [6, 6.07) is 19.1. The highest BCUT2D eigenvalue weighted by molar-refractivity contribution is 5.89. The molecule has 3 aromatic rings. The molecule has 1 aliphatic rings. The molecule has 0 saturated carbocycles. The van der Waals surface area contributed by atoms with E-state index < -0.39 is 12.1 Å².